The molecular formula is C17H15N3O. The van der Waals surface area contributed by atoms with E-state index in [-0.39, 0.29) is 5.78 Å². The standard InChI is InChI=1S/C17H15N3O/c1-11-15(12(2)21)17(14-8-4-6-10-19-14)20-16(11)13-7-3-5-9-18-13/h3-10,20H,1-2H3. The number of H-pyrrole nitrogens is 1. The summed E-state index contributed by atoms with van der Waals surface area (Å²) in [6.45, 7) is 3.51. The van der Waals surface area contributed by atoms with Crippen LogP contribution in [0, 0.1) is 6.92 Å². The second-order valence-corrected chi connectivity index (χ2v) is 4.86. The average Bonchev–Trinajstić information content (AvgIpc) is 2.87. The highest BCUT2D eigenvalue weighted by molar-refractivity contribution is 6.03. The van der Waals surface area contributed by atoms with Crippen LogP contribution in [0.1, 0.15) is 22.8 Å². The molecule has 0 aliphatic rings. The second-order valence-electron chi connectivity index (χ2n) is 4.86. The lowest BCUT2D eigenvalue weighted by Crippen LogP contribution is -1.96. The molecule has 4 nitrogen and oxygen atoms in total. The van der Waals surface area contributed by atoms with Crippen LogP contribution >= 0.6 is 0 Å². The van der Waals surface area contributed by atoms with Gasteiger partial charge < -0.3 is 4.98 Å². The normalized spacial score (nSPS) is 10.6. The van der Waals surface area contributed by atoms with Gasteiger partial charge in [-0.25, -0.2) is 0 Å². The van der Waals surface area contributed by atoms with E-state index >= 15 is 0 Å². The molecule has 104 valence electrons. The summed E-state index contributed by atoms with van der Waals surface area (Å²) in [5.74, 6) is 0.0200. The Labute approximate surface area is 122 Å². The Bertz CT molecular complexity index is 777. The van der Waals surface area contributed by atoms with Crippen LogP contribution in [-0.2, 0) is 0 Å². The van der Waals surface area contributed by atoms with E-state index in [4.69, 9.17) is 0 Å². The van der Waals surface area contributed by atoms with Crippen molar-refractivity contribution in [2.75, 3.05) is 0 Å². The molecule has 3 aromatic rings. The van der Waals surface area contributed by atoms with Crippen LogP contribution in [0.2, 0.25) is 0 Å². The average molecular weight is 277 g/mol. The van der Waals surface area contributed by atoms with Crippen molar-refractivity contribution in [3.8, 4) is 22.8 Å². The van der Waals surface area contributed by atoms with Gasteiger partial charge in [0.15, 0.2) is 5.78 Å². The van der Waals surface area contributed by atoms with Crippen molar-refractivity contribution in [2.24, 2.45) is 0 Å². The van der Waals surface area contributed by atoms with Gasteiger partial charge in [0, 0.05) is 18.0 Å². The van der Waals surface area contributed by atoms with Crippen molar-refractivity contribution >= 4 is 5.78 Å². The first-order chi connectivity index (χ1) is 10.2. The zero-order valence-electron chi connectivity index (χ0n) is 11.9. The molecule has 0 aliphatic carbocycles. The number of Topliss-reactive ketones (excluding diaryl/α,β-unsaturated/α-hetero) is 1. The molecule has 3 aromatic heterocycles. The Balaban J connectivity index is 2.24. The molecule has 0 aliphatic heterocycles. The third-order valence-electron chi connectivity index (χ3n) is 3.44. The summed E-state index contributed by atoms with van der Waals surface area (Å²) in [6.07, 6.45) is 3.46. The molecule has 0 saturated heterocycles. The molecule has 0 aromatic carbocycles. The van der Waals surface area contributed by atoms with E-state index in [0.29, 0.717) is 5.56 Å². The van der Waals surface area contributed by atoms with Gasteiger partial charge in [0.05, 0.1) is 22.8 Å². The van der Waals surface area contributed by atoms with Gasteiger partial charge in [-0.15, -0.1) is 0 Å². The fourth-order valence-corrected chi connectivity index (χ4v) is 2.50. The molecule has 0 unspecified atom stereocenters. The summed E-state index contributed by atoms with van der Waals surface area (Å²) in [5.41, 5.74) is 4.77. The number of carbonyl (C=O) groups excluding carboxylic acids is 1. The molecule has 0 fully saturated rings. The van der Waals surface area contributed by atoms with E-state index in [1.807, 2.05) is 43.3 Å². The number of pyridine rings is 2. The summed E-state index contributed by atoms with van der Waals surface area (Å²) in [5, 5.41) is 0. The Morgan fingerprint density at radius 1 is 0.952 bits per heavy atom. The van der Waals surface area contributed by atoms with Crippen LogP contribution in [0.25, 0.3) is 22.8 Å². The first-order valence-corrected chi connectivity index (χ1v) is 6.75. The number of aromatic nitrogens is 3. The maximum absolute atomic E-state index is 12.0. The summed E-state index contributed by atoms with van der Waals surface area (Å²) in [6, 6.07) is 11.4. The van der Waals surface area contributed by atoms with Crippen LogP contribution < -0.4 is 0 Å². The Hall–Kier alpha value is -2.75. The van der Waals surface area contributed by atoms with Crippen LogP contribution in [-0.4, -0.2) is 20.7 Å². The SMILES string of the molecule is CC(=O)c1c(-c2ccccn2)[nH]c(-c2ccccn2)c1C. The minimum atomic E-state index is 0.0200. The van der Waals surface area contributed by atoms with Crippen LogP contribution in [0.5, 0.6) is 0 Å². The molecule has 0 bridgehead atoms. The van der Waals surface area contributed by atoms with Crippen molar-refractivity contribution < 1.29 is 4.79 Å². The maximum Gasteiger partial charge on any atom is 0.162 e. The van der Waals surface area contributed by atoms with Gasteiger partial charge in [-0.3, -0.25) is 14.8 Å². The van der Waals surface area contributed by atoms with E-state index in [1.54, 1.807) is 19.3 Å². The fraction of sp³-hybridized carbons (Fsp3) is 0.118. The molecule has 4 heteroatoms. The lowest BCUT2D eigenvalue weighted by molar-refractivity contribution is 0.101. The number of carbonyl (C=O) groups is 1. The predicted octanol–water partition coefficient (Wildman–Crippen LogP) is 3.65. The van der Waals surface area contributed by atoms with Crippen molar-refractivity contribution in [3.63, 3.8) is 0 Å². The van der Waals surface area contributed by atoms with Gasteiger partial charge in [-0.1, -0.05) is 12.1 Å². The minimum Gasteiger partial charge on any atom is -0.351 e. The lowest BCUT2D eigenvalue weighted by atomic mass is 10.0. The minimum absolute atomic E-state index is 0.0200. The summed E-state index contributed by atoms with van der Waals surface area (Å²) < 4.78 is 0. The summed E-state index contributed by atoms with van der Waals surface area (Å²) in [7, 11) is 0. The van der Waals surface area contributed by atoms with E-state index in [0.717, 1.165) is 28.3 Å². The largest absolute Gasteiger partial charge is 0.351 e. The van der Waals surface area contributed by atoms with Crippen molar-refractivity contribution in [2.45, 2.75) is 13.8 Å². The Morgan fingerprint density at radius 2 is 1.52 bits per heavy atom. The quantitative estimate of drug-likeness (QED) is 0.743. The van der Waals surface area contributed by atoms with E-state index in [1.165, 1.54) is 0 Å². The lowest BCUT2D eigenvalue weighted by Gasteiger charge is -2.00. The van der Waals surface area contributed by atoms with Crippen LogP contribution in [0.15, 0.2) is 48.8 Å². The van der Waals surface area contributed by atoms with Gasteiger partial charge >= 0.3 is 0 Å². The number of ketones is 1. The Kier molecular flexibility index (Phi) is 3.36. The number of aromatic amines is 1. The second kappa shape index (κ2) is 5.32. The molecule has 3 rings (SSSR count). The van der Waals surface area contributed by atoms with Crippen molar-refractivity contribution in [1.82, 2.24) is 15.0 Å². The van der Waals surface area contributed by atoms with Crippen molar-refractivity contribution in [3.05, 3.63) is 59.9 Å². The molecule has 0 amide bonds. The molecule has 0 radical (unpaired) electrons. The van der Waals surface area contributed by atoms with Gasteiger partial charge in [0.1, 0.15) is 0 Å². The Morgan fingerprint density at radius 3 is 2.00 bits per heavy atom. The third kappa shape index (κ3) is 2.36. The van der Waals surface area contributed by atoms with Gasteiger partial charge in [0.25, 0.3) is 0 Å². The fourth-order valence-electron chi connectivity index (χ4n) is 2.50. The van der Waals surface area contributed by atoms with Gasteiger partial charge in [-0.05, 0) is 43.7 Å². The molecule has 21 heavy (non-hydrogen) atoms. The molecular weight excluding hydrogens is 262 g/mol. The highest BCUT2D eigenvalue weighted by Gasteiger charge is 2.20. The topological polar surface area (TPSA) is 58.6 Å². The highest BCUT2D eigenvalue weighted by Crippen LogP contribution is 2.31. The first-order valence-electron chi connectivity index (χ1n) is 6.75. The number of rotatable bonds is 3. The van der Waals surface area contributed by atoms with Crippen molar-refractivity contribution in [1.29, 1.82) is 0 Å². The zero-order chi connectivity index (χ0) is 14.8. The van der Waals surface area contributed by atoms with Crippen LogP contribution in [0.3, 0.4) is 0 Å². The molecule has 3 heterocycles. The molecule has 1 N–H and O–H groups in total. The molecule has 0 saturated carbocycles. The van der Waals surface area contributed by atoms with Gasteiger partial charge in [-0.2, -0.15) is 0 Å². The van der Waals surface area contributed by atoms with Crippen LogP contribution in [0.4, 0.5) is 0 Å². The maximum atomic E-state index is 12.0. The molecule has 0 atom stereocenters. The third-order valence-corrected chi connectivity index (χ3v) is 3.44. The van der Waals surface area contributed by atoms with Gasteiger partial charge in [0.2, 0.25) is 0 Å². The number of hydrogen-bond acceptors (Lipinski definition) is 3. The first kappa shape index (κ1) is 13.2. The summed E-state index contributed by atoms with van der Waals surface area (Å²) in [4.78, 5) is 24.0. The number of nitrogens with zero attached hydrogens (tertiary/aromatic N) is 2. The van der Waals surface area contributed by atoms with E-state index in [9.17, 15) is 4.79 Å². The smallest absolute Gasteiger partial charge is 0.162 e. The molecule has 0 spiro atoms. The number of nitrogens with one attached hydrogen (secondary N) is 1. The zero-order valence-corrected chi connectivity index (χ0v) is 11.9. The summed E-state index contributed by atoms with van der Waals surface area (Å²) >= 11 is 0. The monoisotopic (exact) mass is 277 g/mol. The van der Waals surface area contributed by atoms with E-state index < -0.39 is 0 Å². The predicted molar refractivity (Wildman–Crippen MR) is 82.0 cm³/mol. The van der Waals surface area contributed by atoms with E-state index in [2.05, 4.69) is 15.0 Å². The number of hydrogen-bond donors (Lipinski definition) is 1. The highest BCUT2D eigenvalue weighted by atomic mass is 16.1.